The van der Waals surface area contributed by atoms with Gasteiger partial charge in [-0.05, 0) is 61.2 Å². The van der Waals surface area contributed by atoms with E-state index in [1.807, 2.05) is 11.8 Å². The average molecular weight is 396 g/mol. The second-order valence-electron chi connectivity index (χ2n) is 7.58. The third-order valence-electron chi connectivity index (χ3n) is 5.70. The van der Waals surface area contributed by atoms with Crippen molar-refractivity contribution < 1.29 is 18.7 Å². The van der Waals surface area contributed by atoms with Crippen LogP contribution in [-0.2, 0) is 4.79 Å². The molecule has 4 rings (SSSR count). The number of piperazine rings is 1. The third-order valence-corrected chi connectivity index (χ3v) is 5.70. The molecule has 2 atom stereocenters. The number of benzene rings is 2. The smallest absolute Gasteiger partial charge is 0.253 e. The van der Waals surface area contributed by atoms with Gasteiger partial charge < -0.3 is 14.5 Å². The number of amides is 2. The Morgan fingerprint density at radius 1 is 0.966 bits per heavy atom. The lowest BCUT2D eigenvalue weighted by molar-refractivity contribution is -0.134. The number of halogens is 1. The number of carbonyl (C=O) groups is 2. The summed E-state index contributed by atoms with van der Waals surface area (Å²) in [6, 6.07) is 13.6. The van der Waals surface area contributed by atoms with Gasteiger partial charge in [0.25, 0.3) is 5.91 Å². The van der Waals surface area contributed by atoms with E-state index in [1.54, 1.807) is 41.3 Å². The second kappa shape index (κ2) is 8.23. The van der Waals surface area contributed by atoms with Crippen molar-refractivity contribution in [1.29, 1.82) is 0 Å². The predicted octanol–water partition coefficient (Wildman–Crippen LogP) is 3.31. The van der Waals surface area contributed by atoms with Crippen LogP contribution in [0.15, 0.2) is 48.5 Å². The van der Waals surface area contributed by atoms with Crippen LogP contribution >= 0.6 is 0 Å². The Hall–Kier alpha value is -2.89. The average Bonchev–Trinajstić information content (AvgIpc) is 3.55. The highest BCUT2D eigenvalue weighted by molar-refractivity contribution is 5.94. The van der Waals surface area contributed by atoms with Gasteiger partial charge in [-0.3, -0.25) is 9.59 Å². The molecule has 0 spiro atoms. The molecule has 2 fully saturated rings. The van der Waals surface area contributed by atoms with Gasteiger partial charge in [0.2, 0.25) is 5.91 Å². The minimum atomic E-state index is -0.259. The summed E-state index contributed by atoms with van der Waals surface area (Å²) < 4.78 is 18.5. The SMILES string of the molecule is CCOc1ccc(C(=O)N2CCN(C(=O)[C@@H]3C[C@@H]3c3ccc(F)cc3)CC2)cc1. The van der Waals surface area contributed by atoms with E-state index in [-0.39, 0.29) is 29.5 Å². The van der Waals surface area contributed by atoms with Crippen molar-refractivity contribution in [3.63, 3.8) is 0 Å². The fourth-order valence-corrected chi connectivity index (χ4v) is 3.95. The minimum absolute atomic E-state index is 0.0178. The molecule has 2 aromatic carbocycles. The summed E-state index contributed by atoms with van der Waals surface area (Å²) in [6.07, 6.45) is 0.815. The van der Waals surface area contributed by atoms with Crippen LogP contribution in [0.2, 0.25) is 0 Å². The Labute approximate surface area is 170 Å². The topological polar surface area (TPSA) is 49.9 Å². The van der Waals surface area contributed by atoms with Crippen LogP contribution in [0.1, 0.15) is 35.2 Å². The molecule has 0 N–H and O–H groups in total. The molecule has 0 unspecified atom stereocenters. The fraction of sp³-hybridized carbons (Fsp3) is 0.391. The van der Waals surface area contributed by atoms with Gasteiger partial charge >= 0.3 is 0 Å². The van der Waals surface area contributed by atoms with Gasteiger partial charge in [-0.2, -0.15) is 0 Å². The molecule has 0 radical (unpaired) electrons. The van der Waals surface area contributed by atoms with E-state index >= 15 is 0 Å². The highest BCUT2D eigenvalue weighted by Crippen LogP contribution is 2.48. The summed E-state index contributed by atoms with van der Waals surface area (Å²) in [5.74, 6) is 0.786. The van der Waals surface area contributed by atoms with Crippen LogP contribution in [0.25, 0.3) is 0 Å². The molecule has 2 aromatic rings. The van der Waals surface area contributed by atoms with Gasteiger partial charge in [-0.25, -0.2) is 4.39 Å². The Balaban J connectivity index is 1.29. The van der Waals surface area contributed by atoms with Crippen molar-refractivity contribution >= 4 is 11.8 Å². The maximum atomic E-state index is 13.1. The minimum Gasteiger partial charge on any atom is -0.494 e. The van der Waals surface area contributed by atoms with Gasteiger partial charge in [0, 0.05) is 37.7 Å². The van der Waals surface area contributed by atoms with Crippen molar-refractivity contribution in [3.05, 3.63) is 65.5 Å². The molecule has 0 aromatic heterocycles. The molecule has 152 valence electrons. The van der Waals surface area contributed by atoms with Crippen molar-refractivity contribution in [2.45, 2.75) is 19.3 Å². The monoisotopic (exact) mass is 396 g/mol. The maximum absolute atomic E-state index is 13.1. The molecule has 5 nitrogen and oxygen atoms in total. The first-order valence-corrected chi connectivity index (χ1v) is 10.1. The highest BCUT2D eigenvalue weighted by Gasteiger charge is 2.46. The van der Waals surface area contributed by atoms with E-state index in [1.165, 1.54) is 12.1 Å². The normalized spacial score (nSPS) is 21.0. The lowest BCUT2D eigenvalue weighted by Crippen LogP contribution is -2.51. The van der Waals surface area contributed by atoms with E-state index in [0.717, 1.165) is 17.7 Å². The number of ether oxygens (including phenoxy) is 1. The Bertz CT molecular complexity index is 874. The van der Waals surface area contributed by atoms with E-state index in [4.69, 9.17) is 4.74 Å². The van der Waals surface area contributed by atoms with Gasteiger partial charge in [0.15, 0.2) is 0 Å². The first-order chi connectivity index (χ1) is 14.1. The number of hydrogen-bond acceptors (Lipinski definition) is 3. The van der Waals surface area contributed by atoms with Crippen molar-refractivity contribution in [2.75, 3.05) is 32.8 Å². The number of nitrogens with zero attached hydrogens (tertiary/aromatic N) is 2. The summed E-state index contributed by atoms with van der Waals surface area (Å²) in [5, 5.41) is 0. The van der Waals surface area contributed by atoms with E-state index in [9.17, 15) is 14.0 Å². The van der Waals surface area contributed by atoms with E-state index < -0.39 is 0 Å². The lowest BCUT2D eigenvalue weighted by atomic mass is 10.1. The molecule has 1 aliphatic carbocycles. The zero-order chi connectivity index (χ0) is 20.4. The largest absolute Gasteiger partial charge is 0.494 e. The van der Waals surface area contributed by atoms with Crippen molar-refractivity contribution in [2.24, 2.45) is 5.92 Å². The van der Waals surface area contributed by atoms with Crippen LogP contribution in [-0.4, -0.2) is 54.4 Å². The van der Waals surface area contributed by atoms with Gasteiger partial charge in [0.1, 0.15) is 11.6 Å². The summed E-state index contributed by atoms with van der Waals surface area (Å²) in [5.41, 5.74) is 1.65. The quantitative estimate of drug-likeness (QED) is 0.779. The van der Waals surface area contributed by atoms with Crippen molar-refractivity contribution in [1.82, 2.24) is 9.80 Å². The summed E-state index contributed by atoms with van der Waals surface area (Å²) in [4.78, 5) is 29.2. The summed E-state index contributed by atoms with van der Waals surface area (Å²) in [6.45, 7) is 4.68. The van der Waals surface area contributed by atoms with Crippen LogP contribution in [0.5, 0.6) is 5.75 Å². The Kier molecular flexibility index (Phi) is 5.51. The molecule has 1 aliphatic heterocycles. The standard InChI is InChI=1S/C23H25FN2O3/c1-2-29-19-9-5-17(6-10-19)22(27)25-11-13-26(14-12-25)23(28)21-15-20(21)16-3-7-18(24)8-4-16/h3-10,20-21H,2,11-15H2,1H3/t20-,21-/m1/s1. The first kappa shape index (κ1) is 19.4. The zero-order valence-corrected chi connectivity index (χ0v) is 16.5. The van der Waals surface area contributed by atoms with Gasteiger partial charge in [-0.15, -0.1) is 0 Å². The third kappa shape index (κ3) is 4.26. The Morgan fingerprint density at radius 3 is 2.21 bits per heavy atom. The fourth-order valence-electron chi connectivity index (χ4n) is 3.95. The Morgan fingerprint density at radius 2 is 1.59 bits per heavy atom. The molecule has 1 saturated carbocycles. The molecular formula is C23H25FN2O3. The van der Waals surface area contributed by atoms with Crippen LogP contribution < -0.4 is 4.74 Å². The highest BCUT2D eigenvalue weighted by atomic mass is 19.1. The van der Waals surface area contributed by atoms with Gasteiger partial charge in [0.05, 0.1) is 6.61 Å². The van der Waals surface area contributed by atoms with E-state index in [2.05, 4.69) is 0 Å². The van der Waals surface area contributed by atoms with Crippen molar-refractivity contribution in [3.8, 4) is 5.75 Å². The second-order valence-corrected chi connectivity index (χ2v) is 7.58. The number of rotatable bonds is 5. The molecule has 1 saturated heterocycles. The van der Waals surface area contributed by atoms with Crippen LogP contribution in [0.4, 0.5) is 4.39 Å². The lowest BCUT2D eigenvalue weighted by Gasteiger charge is -2.35. The molecule has 29 heavy (non-hydrogen) atoms. The molecule has 6 heteroatoms. The molecule has 0 bridgehead atoms. The number of carbonyl (C=O) groups excluding carboxylic acids is 2. The molecule has 2 aliphatic rings. The van der Waals surface area contributed by atoms with Crippen LogP contribution in [0.3, 0.4) is 0 Å². The van der Waals surface area contributed by atoms with E-state index in [0.29, 0.717) is 38.3 Å². The summed E-state index contributed by atoms with van der Waals surface area (Å²) in [7, 11) is 0. The maximum Gasteiger partial charge on any atom is 0.253 e. The molecule has 1 heterocycles. The molecular weight excluding hydrogens is 371 g/mol. The first-order valence-electron chi connectivity index (χ1n) is 10.1. The molecule has 2 amide bonds. The predicted molar refractivity (Wildman–Crippen MR) is 107 cm³/mol. The number of hydrogen-bond donors (Lipinski definition) is 0. The summed E-state index contributed by atoms with van der Waals surface area (Å²) >= 11 is 0. The van der Waals surface area contributed by atoms with Gasteiger partial charge in [-0.1, -0.05) is 12.1 Å². The zero-order valence-electron chi connectivity index (χ0n) is 16.5. The van der Waals surface area contributed by atoms with Crippen LogP contribution in [0, 0.1) is 11.7 Å².